The second-order valence-corrected chi connectivity index (χ2v) is 8.82. The fourth-order valence-corrected chi connectivity index (χ4v) is 6.52. The molecule has 24 heavy (non-hydrogen) atoms. The summed E-state index contributed by atoms with van der Waals surface area (Å²) in [4.78, 5) is 16.2. The molecule has 0 radical (unpaired) electrons. The standard InChI is InChI=1S/C21H26N2O/c1-2-20-9-14-7-15(10-20)12-21(11-14,13-20)23-19(24)18-8-16-5-3-4-6-17(16)22-18/h3-6,8,14-15,22H,2,7,9-13H2,1H3,(H,23,24). The maximum atomic E-state index is 12.9. The van der Waals surface area contributed by atoms with Crippen molar-refractivity contribution in [1.29, 1.82) is 0 Å². The van der Waals surface area contributed by atoms with Crippen LogP contribution in [0.25, 0.3) is 10.9 Å². The minimum Gasteiger partial charge on any atom is -0.351 e. The van der Waals surface area contributed by atoms with E-state index in [0.29, 0.717) is 11.1 Å². The van der Waals surface area contributed by atoms with Gasteiger partial charge in [0.15, 0.2) is 0 Å². The number of H-pyrrole nitrogens is 1. The SMILES string of the molecule is CCC12CC3CC(C1)CC(NC(=O)c1cc4ccccc4[nH]1)(C3)C2. The molecule has 1 heterocycles. The van der Waals surface area contributed by atoms with E-state index in [2.05, 4.69) is 23.3 Å². The third kappa shape index (κ3) is 2.13. The van der Waals surface area contributed by atoms with E-state index < -0.39 is 0 Å². The summed E-state index contributed by atoms with van der Waals surface area (Å²) in [6, 6.07) is 10.1. The van der Waals surface area contributed by atoms with Crippen molar-refractivity contribution in [3.63, 3.8) is 0 Å². The summed E-state index contributed by atoms with van der Waals surface area (Å²) in [6.07, 6.45) is 9.02. The van der Waals surface area contributed by atoms with Gasteiger partial charge in [0.1, 0.15) is 5.69 Å². The van der Waals surface area contributed by atoms with Crippen LogP contribution in [-0.4, -0.2) is 16.4 Å². The summed E-state index contributed by atoms with van der Waals surface area (Å²) in [6.45, 7) is 2.35. The first-order valence-electron chi connectivity index (χ1n) is 9.49. The fraction of sp³-hybridized carbons (Fsp3) is 0.571. The Bertz CT molecular complexity index is 758. The predicted octanol–water partition coefficient (Wildman–Crippen LogP) is 4.65. The molecule has 3 heteroatoms. The molecule has 3 nitrogen and oxygen atoms in total. The van der Waals surface area contributed by atoms with Crippen LogP contribution >= 0.6 is 0 Å². The molecule has 2 N–H and O–H groups in total. The van der Waals surface area contributed by atoms with E-state index in [4.69, 9.17) is 0 Å². The number of para-hydroxylation sites is 1. The normalized spacial score (nSPS) is 37.0. The Kier molecular flexibility index (Phi) is 2.96. The van der Waals surface area contributed by atoms with E-state index in [1.54, 1.807) is 0 Å². The van der Waals surface area contributed by atoms with Crippen molar-refractivity contribution >= 4 is 16.8 Å². The minimum absolute atomic E-state index is 0.0501. The van der Waals surface area contributed by atoms with Gasteiger partial charge in [0, 0.05) is 16.4 Å². The van der Waals surface area contributed by atoms with Gasteiger partial charge in [-0.25, -0.2) is 0 Å². The highest BCUT2D eigenvalue weighted by Gasteiger charge is 2.57. The lowest BCUT2D eigenvalue weighted by molar-refractivity contribution is -0.0795. The Morgan fingerprint density at radius 1 is 1.21 bits per heavy atom. The molecule has 1 aromatic heterocycles. The first kappa shape index (κ1) is 14.6. The van der Waals surface area contributed by atoms with E-state index in [9.17, 15) is 4.79 Å². The van der Waals surface area contributed by atoms with Crippen molar-refractivity contribution in [3.8, 4) is 0 Å². The van der Waals surface area contributed by atoms with Crippen LogP contribution in [0.5, 0.6) is 0 Å². The molecule has 2 atom stereocenters. The molecule has 0 saturated heterocycles. The maximum absolute atomic E-state index is 12.9. The number of aromatic amines is 1. The molecule has 4 saturated carbocycles. The number of amides is 1. The lowest BCUT2D eigenvalue weighted by Gasteiger charge is -2.62. The topological polar surface area (TPSA) is 44.9 Å². The average molecular weight is 322 g/mol. The number of nitrogens with one attached hydrogen (secondary N) is 2. The van der Waals surface area contributed by atoms with Gasteiger partial charge in [-0.1, -0.05) is 31.5 Å². The molecule has 2 aromatic rings. The van der Waals surface area contributed by atoms with Gasteiger partial charge in [0.05, 0.1) is 0 Å². The van der Waals surface area contributed by atoms with Gasteiger partial charge in [-0.15, -0.1) is 0 Å². The van der Waals surface area contributed by atoms with Gasteiger partial charge < -0.3 is 10.3 Å². The quantitative estimate of drug-likeness (QED) is 0.849. The Balaban J connectivity index is 1.43. The summed E-state index contributed by atoms with van der Waals surface area (Å²) in [5, 5.41) is 4.60. The van der Waals surface area contributed by atoms with Gasteiger partial charge in [-0.3, -0.25) is 4.79 Å². The third-order valence-corrected chi connectivity index (χ3v) is 7.09. The van der Waals surface area contributed by atoms with Crippen LogP contribution in [0.3, 0.4) is 0 Å². The zero-order valence-electron chi connectivity index (χ0n) is 14.4. The second-order valence-electron chi connectivity index (χ2n) is 8.82. The lowest BCUT2D eigenvalue weighted by Crippen LogP contribution is -2.63. The molecular formula is C21H26N2O. The summed E-state index contributed by atoms with van der Waals surface area (Å²) < 4.78 is 0. The monoisotopic (exact) mass is 322 g/mol. The first-order valence-corrected chi connectivity index (χ1v) is 9.49. The van der Waals surface area contributed by atoms with Crippen LogP contribution in [0.15, 0.2) is 30.3 Å². The van der Waals surface area contributed by atoms with Gasteiger partial charge in [-0.2, -0.15) is 0 Å². The molecule has 4 bridgehead atoms. The number of rotatable bonds is 3. The number of carbonyl (C=O) groups is 1. The van der Waals surface area contributed by atoms with Gasteiger partial charge in [0.25, 0.3) is 5.91 Å². The summed E-state index contributed by atoms with van der Waals surface area (Å²) in [7, 11) is 0. The van der Waals surface area contributed by atoms with Gasteiger partial charge in [-0.05, 0) is 67.9 Å². The summed E-state index contributed by atoms with van der Waals surface area (Å²) in [5.74, 6) is 1.74. The van der Waals surface area contributed by atoms with Gasteiger partial charge in [0.2, 0.25) is 0 Å². The second kappa shape index (κ2) is 4.87. The Hall–Kier alpha value is -1.77. The highest BCUT2D eigenvalue weighted by molar-refractivity contribution is 5.98. The molecule has 4 aliphatic carbocycles. The Morgan fingerprint density at radius 3 is 2.67 bits per heavy atom. The highest BCUT2D eigenvalue weighted by atomic mass is 16.2. The van der Waals surface area contributed by atoms with Crippen LogP contribution in [0, 0.1) is 17.3 Å². The fourth-order valence-electron chi connectivity index (χ4n) is 6.52. The van der Waals surface area contributed by atoms with E-state index in [1.165, 1.54) is 44.9 Å². The number of fused-ring (bicyclic) bond motifs is 1. The third-order valence-electron chi connectivity index (χ3n) is 7.09. The molecule has 4 fully saturated rings. The van der Waals surface area contributed by atoms with Crippen molar-refractivity contribution in [2.45, 2.75) is 57.4 Å². The molecule has 6 rings (SSSR count). The zero-order chi connectivity index (χ0) is 16.4. The lowest BCUT2D eigenvalue weighted by atomic mass is 9.46. The van der Waals surface area contributed by atoms with E-state index in [0.717, 1.165) is 22.7 Å². The number of aromatic nitrogens is 1. The average Bonchev–Trinajstić information content (AvgIpc) is 2.97. The van der Waals surface area contributed by atoms with Crippen molar-refractivity contribution < 1.29 is 4.79 Å². The predicted molar refractivity (Wildman–Crippen MR) is 95.9 cm³/mol. The molecule has 2 unspecified atom stereocenters. The first-order chi connectivity index (χ1) is 11.6. The zero-order valence-corrected chi connectivity index (χ0v) is 14.4. The van der Waals surface area contributed by atoms with Crippen molar-refractivity contribution in [3.05, 3.63) is 36.0 Å². The van der Waals surface area contributed by atoms with Crippen molar-refractivity contribution in [2.75, 3.05) is 0 Å². The largest absolute Gasteiger partial charge is 0.351 e. The maximum Gasteiger partial charge on any atom is 0.268 e. The number of hydrogen-bond acceptors (Lipinski definition) is 1. The highest BCUT2D eigenvalue weighted by Crippen LogP contribution is 2.62. The van der Waals surface area contributed by atoms with Crippen LogP contribution in [0.4, 0.5) is 0 Å². The molecule has 126 valence electrons. The summed E-state index contributed by atoms with van der Waals surface area (Å²) >= 11 is 0. The van der Waals surface area contributed by atoms with Gasteiger partial charge >= 0.3 is 0 Å². The van der Waals surface area contributed by atoms with E-state index in [-0.39, 0.29) is 11.4 Å². The molecule has 4 aliphatic rings. The van der Waals surface area contributed by atoms with E-state index in [1.807, 2.05) is 24.3 Å². The number of benzene rings is 1. The minimum atomic E-state index is 0.0501. The number of hydrogen-bond donors (Lipinski definition) is 2. The molecular weight excluding hydrogens is 296 g/mol. The van der Waals surface area contributed by atoms with Crippen molar-refractivity contribution in [1.82, 2.24) is 10.3 Å². The Morgan fingerprint density at radius 2 is 1.96 bits per heavy atom. The van der Waals surface area contributed by atoms with E-state index >= 15 is 0 Å². The van der Waals surface area contributed by atoms with Crippen LogP contribution in [0.1, 0.15) is 62.4 Å². The van der Waals surface area contributed by atoms with Crippen LogP contribution < -0.4 is 5.32 Å². The summed E-state index contributed by atoms with van der Waals surface area (Å²) in [5.41, 5.74) is 2.29. The Labute approximate surface area is 143 Å². The molecule has 0 spiro atoms. The van der Waals surface area contributed by atoms with Crippen molar-refractivity contribution in [2.24, 2.45) is 17.3 Å². The smallest absolute Gasteiger partial charge is 0.268 e. The molecule has 1 aromatic carbocycles. The van der Waals surface area contributed by atoms with Crippen LogP contribution in [-0.2, 0) is 0 Å². The van der Waals surface area contributed by atoms with Crippen LogP contribution in [0.2, 0.25) is 0 Å². The molecule has 1 amide bonds. The number of carbonyl (C=O) groups excluding carboxylic acids is 1. The molecule has 0 aliphatic heterocycles.